The number of allylic oxidation sites excluding steroid dienone is 1. The zero-order valence-electron chi connectivity index (χ0n) is 22.3. The summed E-state index contributed by atoms with van der Waals surface area (Å²) in [6, 6.07) is 25.6. The summed E-state index contributed by atoms with van der Waals surface area (Å²) in [5.41, 5.74) is 6.51. The van der Waals surface area contributed by atoms with Gasteiger partial charge >= 0.3 is 0 Å². The van der Waals surface area contributed by atoms with Crippen LogP contribution in [0.25, 0.3) is 23.2 Å². The Bertz CT molecular complexity index is 1460. The zero-order chi connectivity index (χ0) is 27.8. The molecule has 4 aromatic rings. The highest BCUT2D eigenvalue weighted by molar-refractivity contribution is 7.99. The van der Waals surface area contributed by atoms with Crippen LogP contribution in [0.1, 0.15) is 31.9 Å². The third-order valence-corrected chi connectivity index (χ3v) is 6.92. The third kappa shape index (κ3) is 7.59. The second-order valence-corrected chi connectivity index (χ2v) is 11.1. The van der Waals surface area contributed by atoms with Crippen LogP contribution in [0.4, 0.5) is 0 Å². The second kappa shape index (κ2) is 12.8. The molecule has 1 N–H and O–H groups in total. The highest BCUT2D eigenvalue weighted by Gasteiger charge is 2.19. The molecular formula is C30H30ClN5O2S. The molecule has 4 rings (SSSR count). The van der Waals surface area contributed by atoms with Gasteiger partial charge in [-0.25, -0.2) is 5.43 Å². The van der Waals surface area contributed by atoms with Crippen LogP contribution in [0.5, 0.6) is 5.75 Å². The van der Waals surface area contributed by atoms with Crippen molar-refractivity contribution in [1.29, 1.82) is 0 Å². The summed E-state index contributed by atoms with van der Waals surface area (Å²) in [5.74, 6) is 1.23. The Kier molecular flexibility index (Phi) is 9.22. The molecule has 1 heterocycles. The van der Waals surface area contributed by atoms with Crippen molar-refractivity contribution in [3.63, 3.8) is 0 Å². The molecule has 0 radical (unpaired) electrons. The van der Waals surface area contributed by atoms with Crippen LogP contribution in [0.3, 0.4) is 0 Å². The molecule has 200 valence electrons. The van der Waals surface area contributed by atoms with Crippen LogP contribution in [0.2, 0.25) is 0 Å². The van der Waals surface area contributed by atoms with Gasteiger partial charge in [-0.3, -0.25) is 9.36 Å². The maximum Gasteiger partial charge on any atom is 0.250 e. The molecule has 0 fully saturated rings. The van der Waals surface area contributed by atoms with Crippen molar-refractivity contribution in [2.45, 2.75) is 31.3 Å². The standard InChI is InChI=1S/C30H30ClN5O2S/c1-30(2,3)23-12-10-22(11-13-23)28-34-35-29(36(28)25-14-16-26(38-4)17-15-25)39-20-27(37)33-32-19-24(31)18-21-8-6-5-7-9-21/h5-19H,20H2,1-4H3,(H,33,37)/b24-18-,32-19-. The summed E-state index contributed by atoms with van der Waals surface area (Å²) in [5, 5.41) is 13.8. The van der Waals surface area contributed by atoms with Crippen LogP contribution >= 0.6 is 23.4 Å². The smallest absolute Gasteiger partial charge is 0.250 e. The van der Waals surface area contributed by atoms with Crippen LogP contribution in [-0.2, 0) is 10.2 Å². The Labute approximate surface area is 238 Å². The minimum atomic E-state index is -0.291. The van der Waals surface area contributed by atoms with Crippen LogP contribution in [0, 0.1) is 0 Å². The second-order valence-electron chi connectivity index (χ2n) is 9.69. The number of halogens is 1. The van der Waals surface area contributed by atoms with Crippen LogP contribution in [-0.4, -0.2) is 39.7 Å². The Morgan fingerprint density at radius 2 is 1.72 bits per heavy atom. The zero-order valence-corrected chi connectivity index (χ0v) is 23.8. The maximum atomic E-state index is 12.5. The Hall–Kier alpha value is -3.88. The van der Waals surface area contributed by atoms with Crippen molar-refractivity contribution in [1.82, 2.24) is 20.2 Å². The molecule has 0 aliphatic heterocycles. The average Bonchev–Trinajstić information content (AvgIpc) is 3.36. The van der Waals surface area contributed by atoms with Gasteiger partial charge in [0.1, 0.15) is 5.75 Å². The fourth-order valence-corrected chi connectivity index (χ4v) is 4.63. The molecule has 39 heavy (non-hydrogen) atoms. The fraction of sp³-hybridized carbons (Fsp3) is 0.200. The van der Waals surface area contributed by atoms with Gasteiger partial charge in [0.15, 0.2) is 11.0 Å². The maximum absolute atomic E-state index is 12.5. The molecule has 3 aromatic carbocycles. The number of carbonyl (C=O) groups is 1. The van der Waals surface area contributed by atoms with Crippen LogP contribution < -0.4 is 10.2 Å². The molecule has 0 spiro atoms. The van der Waals surface area contributed by atoms with Gasteiger partial charge in [0.05, 0.1) is 24.1 Å². The molecule has 7 nitrogen and oxygen atoms in total. The SMILES string of the molecule is COc1ccc(-n2c(SCC(=O)N/N=C\C(Cl)=C\c3ccccc3)nnc2-c2ccc(C(C)(C)C)cc2)cc1. The molecule has 0 unspecified atom stereocenters. The number of ether oxygens (including phenoxy) is 1. The lowest BCUT2D eigenvalue weighted by molar-refractivity contribution is -0.118. The lowest BCUT2D eigenvalue weighted by atomic mass is 9.87. The molecule has 9 heteroatoms. The van der Waals surface area contributed by atoms with Gasteiger partial charge in [-0.05, 0) is 46.9 Å². The van der Waals surface area contributed by atoms with E-state index >= 15 is 0 Å². The minimum absolute atomic E-state index is 0.0423. The minimum Gasteiger partial charge on any atom is -0.497 e. The number of aromatic nitrogens is 3. The first-order valence-electron chi connectivity index (χ1n) is 12.3. The highest BCUT2D eigenvalue weighted by Crippen LogP contribution is 2.30. The quantitative estimate of drug-likeness (QED) is 0.140. The normalized spacial score (nSPS) is 12.1. The van der Waals surface area contributed by atoms with Crippen molar-refractivity contribution < 1.29 is 9.53 Å². The van der Waals surface area contributed by atoms with Crippen molar-refractivity contribution in [3.8, 4) is 22.8 Å². The molecule has 0 saturated heterocycles. The van der Waals surface area contributed by atoms with E-state index in [1.54, 1.807) is 13.2 Å². The first kappa shape index (κ1) is 28.1. The summed E-state index contributed by atoms with van der Waals surface area (Å²) < 4.78 is 7.25. The fourth-order valence-electron chi connectivity index (χ4n) is 3.71. The first-order valence-corrected chi connectivity index (χ1v) is 13.7. The largest absolute Gasteiger partial charge is 0.497 e. The topological polar surface area (TPSA) is 81.4 Å². The lowest BCUT2D eigenvalue weighted by Gasteiger charge is -2.19. The molecule has 1 aromatic heterocycles. The number of hydrazone groups is 1. The molecule has 0 bridgehead atoms. The highest BCUT2D eigenvalue weighted by atomic mass is 35.5. The molecule has 0 saturated carbocycles. The number of carbonyl (C=O) groups excluding carboxylic acids is 1. The van der Waals surface area contributed by atoms with Gasteiger partial charge < -0.3 is 4.74 Å². The first-order chi connectivity index (χ1) is 18.7. The van der Waals surface area contributed by atoms with E-state index in [-0.39, 0.29) is 17.1 Å². The number of thioether (sulfide) groups is 1. The molecular weight excluding hydrogens is 530 g/mol. The number of hydrogen-bond acceptors (Lipinski definition) is 6. The van der Waals surface area contributed by atoms with Crippen molar-refractivity contribution in [3.05, 3.63) is 95.0 Å². The Balaban J connectivity index is 1.51. The predicted octanol–water partition coefficient (Wildman–Crippen LogP) is 6.71. The van der Waals surface area contributed by atoms with E-state index in [0.29, 0.717) is 16.0 Å². The molecule has 0 aliphatic carbocycles. The number of amides is 1. The average molecular weight is 560 g/mol. The number of benzene rings is 3. The number of hydrogen-bond donors (Lipinski definition) is 1. The van der Waals surface area contributed by atoms with E-state index in [9.17, 15) is 4.79 Å². The summed E-state index contributed by atoms with van der Waals surface area (Å²) in [6.45, 7) is 6.54. The summed E-state index contributed by atoms with van der Waals surface area (Å²) in [7, 11) is 1.63. The summed E-state index contributed by atoms with van der Waals surface area (Å²) >= 11 is 7.47. The number of rotatable bonds is 9. The number of nitrogens with zero attached hydrogens (tertiary/aromatic N) is 4. The van der Waals surface area contributed by atoms with E-state index in [1.165, 1.54) is 23.5 Å². The van der Waals surface area contributed by atoms with Gasteiger partial charge in [0, 0.05) is 11.3 Å². The summed E-state index contributed by atoms with van der Waals surface area (Å²) in [4.78, 5) is 12.5. The molecule has 0 atom stereocenters. The summed E-state index contributed by atoms with van der Waals surface area (Å²) in [6.07, 6.45) is 3.16. The number of methoxy groups -OCH3 is 1. The lowest BCUT2D eigenvalue weighted by Crippen LogP contribution is -2.19. The van der Waals surface area contributed by atoms with Gasteiger partial charge in [-0.2, -0.15) is 5.10 Å². The van der Waals surface area contributed by atoms with Gasteiger partial charge in [-0.1, -0.05) is 98.7 Å². The number of nitrogens with one attached hydrogen (secondary N) is 1. The Morgan fingerprint density at radius 3 is 2.36 bits per heavy atom. The molecule has 1 amide bonds. The van der Waals surface area contributed by atoms with Crippen molar-refractivity contribution in [2.24, 2.45) is 5.10 Å². The van der Waals surface area contributed by atoms with Crippen molar-refractivity contribution in [2.75, 3.05) is 12.9 Å². The van der Waals surface area contributed by atoms with Gasteiger partial charge in [0.25, 0.3) is 5.91 Å². The van der Waals surface area contributed by atoms with E-state index in [0.717, 1.165) is 22.6 Å². The van der Waals surface area contributed by atoms with Gasteiger partial charge in [-0.15, -0.1) is 10.2 Å². The van der Waals surface area contributed by atoms with Crippen LogP contribution in [0.15, 0.2) is 94.2 Å². The van der Waals surface area contributed by atoms with E-state index in [4.69, 9.17) is 16.3 Å². The van der Waals surface area contributed by atoms with Crippen molar-refractivity contribution >= 4 is 41.6 Å². The monoisotopic (exact) mass is 559 g/mol. The van der Waals surface area contributed by atoms with E-state index in [2.05, 4.69) is 53.6 Å². The molecule has 0 aliphatic rings. The predicted molar refractivity (Wildman–Crippen MR) is 160 cm³/mol. The van der Waals surface area contributed by atoms with E-state index in [1.807, 2.05) is 71.3 Å². The Morgan fingerprint density at radius 1 is 1.03 bits per heavy atom. The van der Waals surface area contributed by atoms with E-state index < -0.39 is 0 Å². The third-order valence-electron chi connectivity index (χ3n) is 5.79. The van der Waals surface area contributed by atoms with Gasteiger partial charge in [0.2, 0.25) is 0 Å².